The maximum atomic E-state index is 8.74. The van der Waals surface area contributed by atoms with Crippen LogP contribution in [0, 0.1) is 11.3 Å². The van der Waals surface area contributed by atoms with E-state index in [9.17, 15) is 0 Å². The molecule has 0 saturated heterocycles. The van der Waals surface area contributed by atoms with Crippen LogP contribution in [-0.4, -0.2) is 29.7 Å². The van der Waals surface area contributed by atoms with E-state index in [0.717, 1.165) is 0 Å². The Morgan fingerprint density at radius 1 is 1.14 bits per heavy atom. The van der Waals surface area contributed by atoms with Gasteiger partial charge in [-0.15, -0.1) is 0 Å². The number of nitrogen functional groups attached to an aromatic ring is 1. The fourth-order valence-electron chi connectivity index (χ4n) is 1.52. The summed E-state index contributed by atoms with van der Waals surface area (Å²) < 4.78 is 6.82. The van der Waals surface area contributed by atoms with Crippen LogP contribution in [0.15, 0.2) is 36.9 Å². The molecule has 0 spiro atoms. The summed E-state index contributed by atoms with van der Waals surface area (Å²) in [6.45, 7) is 0. The smallest absolute Gasteiger partial charge is 0.328 e. The Morgan fingerprint density at radius 3 is 2.62 bits per heavy atom. The van der Waals surface area contributed by atoms with Crippen molar-refractivity contribution in [2.24, 2.45) is 0 Å². The Hall–Kier alpha value is -3.54. The van der Waals surface area contributed by atoms with E-state index >= 15 is 0 Å². The fourth-order valence-corrected chi connectivity index (χ4v) is 1.52. The van der Waals surface area contributed by atoms with E-state index in [0.29, 0.717) is 11.3 Å². The van der Waals surface area contributed by atoms with E-state index in [2.05, 4.69) is 25.0 Å². The number of anilines is 1. The highest BCUT2D eigenvalue weighted by atomic mass is 16.5. The molecule has 0 aliphatic carbocycles. The average molecular weight is 280 g/mol. The van der Waals surface area contributed by atoms with Crippen LogP contribution in [0.2, 0.25) is 0 Å². The molecule has 3 aromatic rings. The molecule has 0 saturated carbocycles. The highest BCUT2D eigenvalue weighted by Gasteiger charge is 2.09. The lowest BCUT2D eigenvalue weighted by Gasteiger charge is -2.05. The molecular formula is C12H8N8O. The van der Waals surface area contributed by atoms with Gasteiger partial charge >= 0.3 is 6.01 Å². The number of benzene rings is 1. The molecule has 2 aromatic heterocycles. The standard InChI is InChI=1S/C12H8N8O/c13-5-8-1-3-9(4-2-8)21-12-18-10(14)17-11(19-12)20-7-15-6-16-20/h1-4,6-7H,(H2,14,17,18,19). The first kappa shape index (κ1) is 12.5. The summed E-state index contributed by atoms with van der Waals surface area (Å²) in [6, 6.07) is 8.56. The summed E-state index contributed by atoms with van der Waals surface area (Å²) >= 11 is 0. The molecule has 0 radical (unpaired) electrons. The lowest BCUT2D eigenvalue weighted by Crippen LogP contribution is -2.07. The third kappa shape index (κ3) is 2.74. The van der Waals surface area contributed by atoms with Gasteiger partial charge in [0.2, 0.25) is 5.95 Å². The van der Waals surface area contributed by atoms with E-state index in [1.54, 1.807) is 24.3 Å². The number of hydrogen-bond donors (Lipinski definition) is 1. The van der Waals surface area contributed by atoms with Crippen molar-refractivity contribution in [2.45, 2.75) is 0 Å². The predicted octanol–water partition coefficient (Wildman–Crippen LogP) is 0.698. The molecule has 2 N–H and O–H groups in total. The predicted molar refractivity (Wildman–Crippen MR) is 70.4 cm³/mol. The molecule has 102 valence electrons. The Kier molecular flexibility index (Phi) is 3.10. The number of aromatic nitrogens is 6. The van der Waals surface area contributed by atoms with Crippen molar-refractivity contribution >= 4 is 5.95 Å². The molecule has 0 amide bonds. The summed E-state index contributed by atoms with van der Waals surface area (Å²) in [7, 11) is 0. The van der Waals surface area contributed by atoms with Crippen molar-refractivity contribution in [3.63, 3.8) is 0 Å². The minimum atomic E-state index is -0.000792. The van der Waals surface area contributed by atoms with Gasteiger partial charge < -0.3 is 10.5 Å². The van der Waals surface area contributed by atoms with Crippen LogP contribution in [0.3, 0.4) is 0 Å². The zero-order chi connectivity index (χ0) is 14.7. The van der Waals surface area contributed by atoms with Crippen molar-refractivity contribution in [2.75, 3.05) is 5.73 Å². The molecule has 0 atom stereocenters. The maximum absolute atomic E-state index is 8.74. The normalized spacial score (nSPS) is 10.0. The first-order valence-corrected chi connectivity index (χ1v) is 5.79. The van der Waals surface area contributed by atoms with Crippen LogP contribution in [-0.2, 0) is 0 Å². The van der Waals surface area contributed by atoms with E-state index in [1.807, 2.05) is 6.07 Å². The lowest BCUT2D eigenvalue weighted by atomic mass is 10.2. The summed E-state index contributed by atoms with van der Waals surface area (Å²) in [5, 5.41) is 12.6. The van der Waals surface area contributed by atoms with Gasteiger partial charge in [-0.05, 0) is 24.3 Å². The molecule has 0 aliphatic rings. The SMILES string of the molecule is N#Cc1ccc(Oc2nc(N)nc(-n3cncn3)n2)cc1. The van der Waals surface area contributed by atoms with Crippen LogP contribution < -0.4 is 10.5 Å². The second-order valence-electron chi connectivity index (χ2n) is 3.85. The molecule has 0 aliphatic heterocycles. The second-order valence-corrected chi connectivity index (χ2v) is 3.85. The Bertz CT molecular complexity index is 791. The van der Waals surface area contributed by atoms with E-state index in [4.69, 9.17) is 15.7 Å². The molecular weight excluding hydrogens is 272 g/mol. The highest BCUT2D eigenvalue weighted by molar-refractivity contribution is 5.36. The quantitative estimate of drug-likeness (QED) is 0.742. The largest absolute Gasteiger partial charge is 0.424 e. The molecule has 3 rings (SSSR count). The second kappa shape index (κ2) is 5.22. The monoisotopic (exact) mass is 280 g/mol. The molecule has 9 nitrogen and oxygen atoms in total. The minimum absolute atomic E-state index is 0.000792. The third-order valence-electron chi connectivity index (χ3n) is 2.44. The molecule has 2 heterocycles. The lowest BCUT2D eigenvalue weighted by molar-refractivity contribution is 0.438. The maximum Gasteiger partial charge on any atom is 0.328 e. The van der Waals surface area contributed by atoms with Gasteiger partial charge in [0.1, 0.15) is 18.4 Å². The molecule has 9 heteroatoms. The number of rotatable bonds is 3. The number of ether oxygens (including phenoxy) is 1. The number of nitriles is 1. The minimum Gasteiger partial charge on any atom is -0.424 e. The summed E-state index contributed by atoms with van der Waals surface area (Å²) in [4.78, 5) is 15.7. The molecule has 0 unspecified atom stereocenters. The van der Waals surface area contributed by atoms with Crippen LogP contribution in [0.5, 0.6) is 11.8 Å². The highest BCUT2D eigenvalue weighted by Crippen LogP contribution is 2.19. The third-order valence-corrected chi connectivity index (χ3v) is 2.44. The number of nitrogens with two attached hydrogens (primary N) is 1. The van der Waals surface area contributed by atoms with Crippen LogP contribution in [0.1, 0.15) is 5.56 Å². The van der Waals surface area contributed by atoms with Gasteiger partial charge in [-0.1, -0.05) is 0 Å². The van der Waals surface area contributed by atoms with Crippen molar-refractivity contribution in [1.29, 1.82) is 5.26 Å². The van der Waals surface area contributed by atoms with Crippen molar-refractivity contribution in [3.8, 4) is 23.8 Å². The van der Waals surface area contributed by atoms with E-state index in [1.165, 1.54) is 17.3 Å². The van der Waals surface area contributed by atoms with Crippen LogP contribution >= 0.6 is 0 Å². The van der Waals surface area contributed by atoms with Gasteiger partial charge in [-0.3, -0.25) is 0 Å². The van der Waals surface area contributed by atoms with E-state index in [-0.39, 0.29) is 17.9 Å². The van der Waals surface area contributed by atoms with Crippen LogP contribution in [0.25, 0.3) is 5.95 Å². The Balaban J connectivity index is 1.90. The van der Waals surface area contributed by atoms with Crippen molar-refractivity contribution in [1.82, 2.24) is 29.7 Å². The van der Waals surface area contributed by atoms with Gasteiger partial charge in [0, 0.05) is 0 Å². The first-order chi connectivity index (χ1) is 10.2. The van der Waals surface area contributed by atoms with Crippen molar-refractivity contribution in [3.05, 3.63) is 42.5 Å². The topological polar surface area (TPSA) is 128 Å². The Morgan fingerprint density at radius 2 is 1.95 bits per heavy atom. The van der Waals surface area contributed by atoms with Gasteiger partial charge in [0.25, 0.3) is 5.95 Å². The average Bonchev–Trinajstić information content (AvgIpc) is 3.02. The molecule has 21 heavy (non-hydrogen) atoms. The molecule has 0 fully saturated rings. The summed E-state index contributed by atoms with van der Waals surface area (Å²) in [5.41, 5.74) is 6.15. The van der Waals surface area contributed by atoms with Crippen LogP contribution in [0.4, 0.5) is 5.95 Å². The summed E-state index contributed by atoms with van der Waals surface area (Å²) in [5.74, 6) is 0.673. The molecule has 1 aromatic carbocycles. The first-order valence-electron chi connectivity index (χ1n) is 5.79. The Labute approximate surface area is 118 Å². The van der Waals surface area contributed by atoms with E-state index < -0.39 is 0 Å². The van der Waals surface area contributed by atoms with Gasteiger partial charge in [-0.25, -0.2) is 4.98 Å². The van der Waals surface area contributed by atoms with Gasteiger partial charge in [0.15, 0.2) is 0 Å². The van der Waals surface area contributed by atoms with Crippen molar-refractivity contribution < 1.29 is 4.74 Å². The molecule has 0 bridgehead atoms. The zero-order valence-corrected chi connectivity index (χ0v) is 10.6. The number of nitrogens with zero attached hydrogens (tertiary/aromatic N) is 7. The fraction of sp³-hybridized carbons (Fsp3) is 0. The summed E-state index contributed by atoms with van der Waals surface area (Å²) in [6.07, 6.45) is 2.78. The van der Waals surface area contributed by atoms with Gasteiger partial charge in [-0.2, -0.15) is 30.0 Å². The number of hydrogen-bond acceptors (Lipinski definition) is 8. The zero-order valence-electron chi connectivity index (χ0n) is 10.6. The van der Waals surface area contributed by atoms with Gasteiger partial charge in [0.05, 0.1) is 11.6 Å².